The molecule has 138 valence electrons. The third-order valence-electron chi connectivity index (χ3n) is 3.58. The summed E-state index contributed by atoms with van der Waals surface area (Å²) in [5.41, 5.74) is 0.948. The molecule has 3 amide bonds. The first-order valence-corrected chi connectivity index (χ1v) is 8.19. The lowest BCUT2D eigenvalue weighted by Crippen LogP contribution is -2.34. The SMILES string of the molecule is CC(C)NC(=O)Nc1cccc(C(=O)NC(C)c2ccc(F)cc2F)c1. The minimum absolute atomic E-state index is 0.0204. The van der Waals surface area contributed by atoms with E-state index in [0.29, 0.717) is 11.3 Å². The number of carbonyl (C=O) groups is 2. The van der Waals surface area contributed by atoms with Crippen molar-refractivity contribution >= 4 is 17.6 Å². The van der Waals surface area contributed by atoms with Crippen LogP contribution in [0, 0.1) is 11.6 Å². The van der Waals surface area contributed by atoms with E-state index in [2.05, 4.69) is 16.0 Å². The van der Waals surface area contributed by atoms with Crippen LogP contribution in [0.15, 0.2) is 42.5 Å². The smallest absolute Gasteiger partial charge is 0.319 e. The van der Waals surface area contributed by atoms with Crippen LogP contribution >= 0.6 is 0 Å². The molecule has 0 heterocycles. The van der Waals surface area contributed by atoms with Gasteiger partial charge in [0.25, 0.3) is 5.91 Å². The van der Waals surface area contributed by atoms with Crippen LogP contribution in [-0.4, -0.2) is 18.0 Å². The van der Waals surface area contributed by atoms with Crippen molar-refractivity contribution in [2.75, 3.05) is 5.32 Å². The van der Waals surface area contributed by atoms with E-state index in [9.17, 15) is 18.4 Å². The van der Waals surface area contributed by atoms with Crippen LogP contribution in [0.2, 0.25) is 0 Å². The van der Waals surface area contributed by atoms with Gasteiger partial charge in [-0.05, 0) is 45.0 Å². The first-order chi connectivity index (χ1) is 12.3. The highest BCUT2D eigenvalue weighted by atomic mass is 19.1. The molecule has 0 spiro atoms. The predicted molar refractivity (Wildman–Crippen MR) is 96.0 cm³/mol. The molecule has 0 saturated heterocycles. The second-order valence-electron chi connectivity index (χ2n) is 6.19. The van der Waals surface area contributed by atoms with Crippen LogP contribution in [-0.2, 0) is 0 Å². The Morgan fingerprint density at radius 1 is 0.962 bits per heavy atom. The van der Waals surface area contributed by atoms with Gasteiger partial charge in [0.05, 0.1) is 6.04 Å². The number of halogens is 2. The van der Waals surface area contributed by atoms with Gasteiger partial charge in [-0.1, -0.05) is 12.1 Å². The minimum atomic E-state index is -0.724. The van der Waals surface area contributed by atoms with Crippen LogP contribution < -0.4 is 16.0 Å². The molecule has 0 aliphatic rings. The molecular formula is C19H21F2N3O2. The molecule has 0 aliphatic heterocycles. The van der Waals surface area contributed by atoms with Gasteiger partial charge >= 0.3 is 6.03 Å². The van der Waals surface area contributed by atoms with Crippen LogP contribution in [0.25, 0.3) is 0 Å². The third-order valence-corrected chi connectivity index (χ3v) is 3.58. The lowest BCUT2D eigenvalue weighted by atomic mass is 10.1. The van der Waals surface area contributed by atoms with Crippen molar-refractivity contribution < 1.29 is 18.4 Å². The fourth-order valence-electron chi connectivity index (χ4n) is 2.38. The molecule has 7 heteroatoms. The second kappa shape index (κ2) is 8.42. The highest BCUT2D eigenvalue weighted by Crippen LogP contribution is 2.19. The Morgan fingerprint density at radius 3 is 2.35 bits per heavy atom. The molecule has 0 aromatic heterocycles. The van der Waals surface area contributed by atoms with Crippen molar-refractivity contribution in [1.82, 2.24) is 10.6 Å². The Bertz CT molecular complexity index is 809. The Kier molecular flexibility index (Phi) is 6.27. The number of nitrogens with one attached hydrogen (secondary N) is 3. The van der Waals surface area contributed by atoms with Gasteiger partial charge in [0.15, 0.2) is 0 Å². The average Bonchev–Trinajstić information content (AvgIpc) is 2.53. The van der Waals surface area contributed by atoms with Crippen LogP contribution in [0.1, 0.15) is 42.7 Å². The highest BCUT2D eigenvalue weighted by Gasteiger charge is 2.16. The van der Waals surface area contributed by atoms with E-state index in [1.807, 2.05) is 13.8 Å². The lowest BCUT2D eigenvalue weighted by molar-refractivity contribution is 0.0939. The van der Waals surface area contributed by atoms with Gasteiger partial charge in [-0.15, -0.1) is 0 Å². The lowest BCUT2D eigenvalue weighted by Gasteiger charge is -2.16. The van der Waals surface area contributed by atoms with Crippen molar-refractivity contribution in [3.05, 3.63) is 65.2 Å². The number of hydrogen-bond donors (Lipinski definition) is 3. The summed E-state index contributed by atoms with van der Waals surface area (Å²) in [7, 11) is 0. The zero-order valence-electron chi connectivity index (χ0n) is 14.8. The van der Waals surface area contributed by atoms with E-state index in [-0.39, 0.29) is 17.6 Å². The van der Waals surface area contributed by atoms with Gasteiger partial charge in [0, 0.05) is 28.9 Å². The van der Waals surface area contributed by atoms with E-state index in [1.165, 1.54) is 12.1 Å². The normalized spacial score (nSPS) is 11.8. The summed E-state index contributed by atoms with van der Waals surface area (Å²) in [6.45, 7) is 5.27. The van der Waals surface area contributed by atoms with Crippen molar-refractivity contribution in [2.24, 2.45) is 0 Å². The maximum Gasteiger partial charge on any atom is 0.319 e. The fraction of sp³-hybridized carbons (Fsp3) is 0.263. The van der Waals surface area contributed by atoms with Gasteiger partial charge < -0.3 is 16.0 Å². The third kappa shape index (κ3) is 5.27. The summed E-state index contributed by atoms with van der Waals surface area (Å²) in [6.07, 6.45) is 0. The van der Waals surface area contributed by atoms with Gasteiger partial charge in [-0.25, -0.2) is 13.6 Å². The van der Waals surface area contributed by atoms with Crippen molar-refractivity contribution in [2.45, 2.75) is 32.9 Å². The molecule has 0 saturated carbocycles. The second-order valence-corrected chi connectivity index (χ2v) is 6.19. The largest absolute Gasteiger partial charge is 0.345 e. The quantitative estimate of drug-likeness (QED) is 0.754. The Hall–Kier alpha value is -2.96. The molecule has 0 aliphatic carbocycles. The molecule has 3 N–H and O–H groups in total. The van der Waals surface area contributed by atoms with Crippen LogP contribution in [0.3, 0.4) is 0 Å². The molecule has 0 bridgehead atoms. The first kappa shape index (κ1) is 19.4. The van der Waals surface area contributed by atoms with Gasteiger partial charge in [0.2, 0.25) is 0 Å². The first-order valence-electron chi connectivity index (χ1n) is 8.19. The van der Waals surface area contributed by atoms with Crippen molar-refractivity contribution in [3.8, 4) is 0 Å². The van der Waals surface area contributed by atoms with E-state index < -0.39 is 23.6 Å². The summed E-state index contributed by atoms with van der Waals surface area (Å²) in [6, 6.07) is 8.54. The minimum Gasteiger partial charge on any atom is -0.345 e. The zero-order valence-corrected chi connectivity index (χ0v) is 14.8. The van der Waals surface area contributed by atoms with Gasteiger partial charge in [0.1, 0.15) is 11.6 Å². The van der Waals surface area contributed by atoms with E-state index in [4.69, 9.17) is 0 Å². The number of amides is 3. The summed E-state index contributed by atoms with van der Waals surface area (Å²) in [5, 5.41) is 7.97. The summed E-state index contributed by atoms with van der Waals surface area (Å²) >= 11 is 0. The number of rotatable bonds is 5. The van der Waals surface area contributed by atoms with Crippen molar-refractivity contribution in [3.63, 3.8) is 0 Å². The molecule has 2 rings (SSSR count). The molecule has 0 radical (unpaired) electrons. The van der Waals surface area contributed by atoms with E-state index in [1.54, 1.807) is 25.1 Å². The highest BCUT2D eigenvalue weighted by molar-refractivity contribution is 5.97. The zero-order chi connectivity index (χ0) is 19.3. The molecule has 0 fully saturated rings. The van der Waals surface area contributed by atoms with Crippen molar-refractivity contribution in [1.29, 1.82) is 0 Å². The maximum atomic E-state index is 13.8. The van der Waals surface area contributed by atoms with E-state index in [0.717, 1.165) is 12.1 Å². The average molecular weight is 361 g/mol. The molecule has 5 nitrogen and oxygen atoms in total. The van der Waals surface area contributed by atoms with Crippen LogP contribution in [0.4, 0.5) is 19.3 Å². The maximum absolute atomic E-state index is 13.8. The topological polar surface area (TPSA) is 70.2 Å². The Balaban J connectivity index is 2.07. The van der Waals surface area contributed by atoms with Crippen LogP contribution in [0.5, 0.6) is 0 Å². The monoisotopic (exact) mass is 361 g/mol. The summed E-state index contributed by atoms with van der Waals surface area (Å²) in [4.78, 5) is 24.1. The molecule has 1 atom stereocenters. The van der Waals surface area contributed by atoms with E-state index >= 15 is 0 Å². The molecule has 26 heavy (non-hydrogen) atoms. The predicted octanol–water partition coefficient (Wildman–Crippen LogP) is 3.99. The van der Waals surface area contributed by atoms with Gasteiger partial charge in [-0.2, -0.15) is 0 Å². The Morgan fingerprint density at radius 2 is 1.69 bits per heavy atom. The number of benzene rings is 2. The number of hydrogen-bond acceptors (Lipinski definition) is 2. The number of urea groups is 1. The standard InChI is InChI=1S/C19H21F2N3O2/c1-11(2)22-19(26)24-15-6-4-5-13(9-15)18(25)23-12(3)16-8-7-14(20)10-17(16)21/h4-12H,1-3H3,(H,23,25)(H2,22,24,26). The molecule has 2 aromatic carbocycles. The molecule has 1 unspecified atom stereocenters. The Labute approximate surface area is 150 Å². The fourth-order valence-corrected chi connectivity index (χ4v) is 2.38. The summed E-state index contributed by atoms with van der Waals surface area (Å²) < 4.78 is 26.8. The molecule has 2 aromatic rings. The summed E-state index contributed by atoms with van der Waals surface area (Å²) in [5.74, 6) is -1.84. The number of carbonyl (C=O) groups excluding carboxylic acids is 2. The molecular weight excluding hydrogens is 340 g/mol. The number of anilines is 1. The van der Waals surface area contributed by atoms with Gasteiger partial charge in [-0.3, -0.25) is 4.79 Å².